The third-order valence-electron chi connectivity index (χ3n) is 2.75. The van der Waals surface area contributed by atoms with E-state index in [0.29, 0.717) is 5.56 Å². The minimum atomic E-state index is -0.811. The van der Waals surface area contributed by atoms with Crippen LogP contribution >= 0.6 is 0 Å². The minimum absolute atomic E-state index is 0.0510. The van der Waals surface area contributed by atoms with Crippen LogP contribution < -0.4 is 5.73 Å². The molecule has 0 spiro atoms. The van der Waals surface area contributed by atoms with Crippen molar-refractivity contribution < 1.29 is 19.0 Å². The fraction of sp³-hybridized carbons (Fsp3) is 0.364. The number of aromatic hydroxyl groups is 1. The first kappa shape index (κ1) is 10.7. The summed E-state index contributed by atoms with van der Waals surface area (Å²) in [4.78, 5) is 10.4. The van der Waals surface area contributed by atoms with Gasteiger partial charge in [-0.2, -0.15) is 0 Å². The number of carbonyl (C=O) groups excluding carboxylic acids is 1. The van der Waals surface area contributed by atoms with E-state index in [1.165, 1.54) is 18.2 Å². The van der Waals surface area contributed by atoms with Gasteiger partial charge in [-0.25, -0.2) is 9.18 Å². The molecule has 5 heteroatoms. The van der Waals surface area contributed by atoms with Crippen LogP contribution in [0.5, 0.6) is 5.75 Å². The Balaban J connectivity index is 2.00. The standard InChI is InChI=1S/C11H12FNO3/c12-7-1-2-10(14)9(4-7)8-3-6(8)5-16-11(13)15/h1-2,4,6,8,14H,3,5H2,(H2,13,15). The molecular weight excluding hydrogens is 213 g/mol. The van der Waals surface area contributed by atoms with Crippen LogP contribution in [0.1, 0.15) is 17.9 Å². The van der Waals surface area contributed by atoms with E-state index < -0.39 is 6.09 Å². The summed E-state index contributed by atoms with van der Waals surface area (Å²) in [5, 5.41) is 9.54. The van der Waals surface area contributed by atoms with Gasteiger partial charge in [-0.15, -0.1) is 0 Å². The second kappa shape index (κ2) is 4.00. The fourth-order valence-electron chi connectivity index (χ4n) is 1.82. The summed E-state index contributed by atoms with van der Waals surface area (Å²) in [6, 6.07) is 3.84. The molecule has 86 valence electrons. The first-order valence-corrected chi connectivity index (χ1v) is 4.98. The van der Waals surface area contributed by atoms with Gasteiger partial charge in [0.15, 0.2) is 0 Å². The second-order valence-electron chi connectivity index (χ2n) is 3.94. The lowest BCUT2D eigenvalue weighted by Gasteiger charge is -2.04. The number of carbonyl (C=O) groups is 1. The van der Waals surface area contributed by atoms with Crippen molar-refractivity contribution in [3.05, 3.63) is 29.6 Å². The van der Waals surface area contributed by atoms with Crippen molar-refractivity contribution in [2.75, 3.05) is 6.61 Å². The lowest BCUT2D eigenvalue weighted by Crippen LogP contribution is -2.14. The summed E-state index contributed by atoms with van der Waals surface area (Å²) in [7, 11) is 0. The summed E-state index contributed by atoms with van der Waals surface area (Å²) in [5.74, 6) is -0.127. The molecule has 4 nitrogen and oxygen atoms in total. The molecule has 2 unspecified atom stereocenters. The van der Waals surface area contributed by atoms with E-state index in [9.17, 15) is 14.3 Å². The van der Waals surface area contributed by atoms with Crippen molar-refractivity contribution in [2.45, 2.75) is 12.3 Å². The van der Waals surface area contributed by atoms with Crippen molar-refractivity contribution >= 4 is 6.09 Å². The Morgan fingerprint density at radius 3 is 3.06 bits per heavy atom. The van der Waals surface area contributed by atoms with Gasteiger partial charge in [-0.1, -0.05) is 0 Å². The average Bonchev–Trinajstić information content (AvgIpc) is 2.98. The first-order valence-electron chi connectivity index (χ1n) is 4.98. The molecule has 16 heavy (non-hydrogen) atoms. The highest BCUT2D eigenvalue weighted by atomic mass is 19.1. The maximum Gasteiger partial charge on any atom is 0.404 e. The number of halogens is 1. The molecule has 3 N–H and O–H groups in total. The maximum atomic E-state index is 13.0. The predicted octanol–water partition coefficient (Wildman–Crippen LogP) is 1.73. The molecule has 1 saturated carbocycles. The normalized spacial score (nSPS) is 22.8. The van der Waals surface area contributed by atoms with Gasteiger partial charge >= 0.3 is 6.09 Å². The molecule has 0 aliphatic heterocycles. The van der Waals surface area contributed by atoms with Gasteiger partial charge in [0.1, 0.15) is 11.6 Å². The van der Waals surface area contributed by atoms with Crippen LogP contribution in [0.3, 0.4) is 0 Å². The van der Waals surface area contributed by atoms with Gasteiger partial charge in [-0.05, 0) is 30.5 Å². The molecule has 0 aromatic heterocycles. The Morgan fingerprint density at radius 2 is 2.38 bits per heavy atom. The minimum Gasteiger partial charge on any atom is -0.508 e. The quantitative estimate of drug-likeness (QED) is 0.822. The third-order valence-corrected chi connectivity index (χ3v) is 2.75. The highest BCUT2D eigenvalue weighted by molar-refractivity contribution is 5.64. The average molecular weight is 225 g/mol. The molecule has 1 aromatic rings. The van der Waals surface area contributed by atoms with E-state index in [-0.39, 0.29) is 30.0 Å². The van der Waals surface area contributed by atoms with Crippen molar-refractivity contribution in [1.29, 1.82) is 0 Å². The zero-order chi connectivity index (χ0) is 11.7. The third kappa shape index (κ3) is 2.24. The molecule has 0 saturated heterocycles. The zero-order valence-electron chi connectivity index (χ0n) is 8.52. The molecule has 2 rings (SSSR count). The van der Waals surface area contributed by atoms with Crippen molar-refractivity contribution in [1.82, 2.24) is 0 Å². The van der Waals surface area contributed by atoms with E-state index in [2.05, 4.69) is 4.74 Å². The number of benzene rings is 1. The highest BCUT2D eigenvalue weighted by Gasteiger charge is 2.40. The number of ether oxygens (including phenoxy) is 1. The number of rotatable bonds is 3. The Bertz CT molecular complexity index is 422. The SMILES string of the molecule is NC(=O)OCC1CC1c1cc(F)ccc1O. The van der Waals surface area contributed by atoms with Crippen LogP contribution in [-0.2, 0) is 4.74 Å². The highest BCUT2D eigenvalue weighted by Crippen LogP contribution is 2.50. The van der Waals surface area contributed by atoms with Crippen LogP contribution in [0.2, 0.25) is 0 Å². The molecule has 0 bridgehead atoms. The summed E-state index contributed by atoms with van der Waals surface area (Å²) in [6.45, 7) is 0.218. The van der Waals surface area contributed by atoms with E-state index in [4.69, 9.17) is 5.73 Å². The molecule has 1 aliphatic carbocycles. The van der Waals surface area contributed by atoms with E-state index >= 15 is 0 Å². The van der Waals surface area contributed by atoms with Gasteiger partial charge in [0.2, 0.25) is 0 Å². The van der Waals surface area contributed by atoms with Crippen LogP contribution in [-0.4, -0.2) is 17.8 Å². The predicted molar refractivity (Wildman–Crippen MR) is 54.4 cm³/mol. The lowest BCUT2D eigenvalue weighted by molar-refractivity contribution is 0.151. The molecule has 1 amide bonds. The Kier molecular flexibility index (Phi) is 2.68. The zero-order valence-corrected chi connectivity index (χ0v) is 8.52. The molecule has 1 aliphatic rings. The van der Waals surface area contributed by atoms with Gasteiger partial charge in [0, 0.05) is 11.5 Å². The summed E-state index contributed by atoms with van der Waals surface area (Å²) >= 11 is 0. The van der Waals surface area contributed by atoms with Gasteiger partial charge in [-0.3, -0.25) is 0 Å². The number of phenols is 1. The monoisotopic (exact) mass is 225 g/mol. The fourth-order valence-corrected chi connectivity index (χ4v) is 1.82. The van der Waals surface area contributed by atoms with Crippen molar-refractivity contribution in [2.24, 2.45) is 11.7 Å². The number of primary amides is 1. The molecule has 1 aromatic carbocycles. The number of hydrogen-bond acceptors (Lipinski definition) is 3. The van der Waals surface area contributed by atoms with Crippen LogP contribution in [0.4, 0.5) is 9.18 Å². The first-order chi connectivity index (χ1) is 7.58. The molecule has 1 fully saturated rings. The van der Waals surface area contributed by atoms with Crippen molar-refractivity contribution in [3.63, 3.8) is 0 Å². The van der Waals surface area contributed by atoms with Crippen molar-refractivity contribution in [3.8, 4) is 5.75 Å². The van der Waals surface area contributed by atoms with Crippen LogP contribution in [0, 0.1) is 11.7 Å². The molecule has 0 radical (unpaired) electrons. The maximum absolute atomic E-state index is 13.0. The Labute approximate surface area is 91.8 Å². The summed E-state index contributed by atoms with van der Waals surface area (Å²) in [6.07, 6.45) is -0.0429. The van der Waals surface area contributed by atoms with E-state index in [1.54, 1.807) is 0 Å². The Morgan fingerprint density at radius 1 is 1.62 bits per heavy atom. The topological polar surface area (TPSA) is 72.6 Å². The number of nitrogens with two attached hydrogens (primary N) is 1. The van der Waals surface area contributed by atoms with Crippen LogP contribution in [0.15, 0.2) is 18.2 Å². The molecule has 2 atom stereocenters. The largest absolute Gasteiger partial charge is 0.508 e. The number of amides is 1. The molecular formula is C11H12FNO3. The summed E-state index contributed by atoms with van der Waals surface area (Å²) in [5.41, 5.74) is 5.40. The van der Waals surface area contributed by atoms with E-state index in [0.717, 1.165) is 6.42 Å². The smallest absolute Gasteiger partial charge is 0.404 e. The second-order valence-corrected chi connectivity index (χ2v) is 3.94. The molecule has 0 heterocycles. The van der Waals surface area contributed by atoms with Crippen LogP contribution in [0.25, 0.3) is 0 Å². The van der Waals surface area contributed by atoms with Gasteiger partial charge in [0.05, 0.1) is 6.61 Å². The number of hydrogen-bond donors (Lipinski definition) is 2. The lowest BCUT2D eigenvalue weighted by atomic mass is 10.1. The van der Waals surface area contributed by atoms with Gasteiger partial charge < -0.3 is 15.6 Å². The van der Waals surface area contributed by atoms with Gasteiger partial charge in [0.25, 0.3) is 0 Å². The number of phenolic OH excluding ortho intramolecular Hbond substituents is 1. The van der Waals surface area contributed by atoms with E-state index in [1.807, 2.05) is 0 Å². The Hall–Kier alpha value is -1.78. The summed E-state index contributed by atoms with van der Waals surface area (Å²) < 4.78 is 17.6.